The Balaban J connectivity index is 1.96. The number of aliphatic imine (C=N–C) groups is 1. The van der Waals surface area contributed by atoms with Gasteiger partial charge < -0.3 is 0 Å². The molecule has 1 atom stereocenters. The minimum atomic E-state index is 0.731. The lowest BCUT2D eigenvalue weighted by atomic mass is 10.1. The van der Waals surface area contributed by atoms with Crippen molar-refractivity contribution in [2.75, 3.05) is 6.54 Å². The van der Waals surface area contributed by atoms with Crippen molar-refractivity contribution in [2.24, 2.45) is 4.99 Å². The molecule has 14 heavy (non-hydrogen) atoms. The van der Waals surface area contributed by atoms with Crippen molar-refractivity contribution < 1.29 is 0 Å². The molecule has 0 fully saturated rings. The van der Waals surface area contributed by atoms with Gasteiger partial charge >= 0.3 is 0 Å². The Morgan fingerprint density at radius 3 is 2.79 bits per heavy atom. The number of benzene rings is 1. The topological polar surface area (TPSA) is 12.4 Å². The minimum Gasteiger partial charge on any atom is -0.294 e. The number of rotatable bonds is 2. The van der Waals surface area contributed by atoms with Crippen molar-refractivity contribution in [3.05, 3.63) is 30.3 Å². The van der Waals surface area contributed by atoms with Crippen LogP contribution < -0.4 is 0 Å². The lowest BCUT2D eigenvalue weighted by Crippen LogP contribution is -2.15. The van der Waals surface area contributed by atoms with Crippen LogP contribution in [0.1, 0.15) is 19.8 Å². The standard InChI is InChI=1S/C12H15NS/c1-10-9-12(7-8-13-10)14-11-5-3-2-4-6-11/h2-6,12H,7-9H2,1H3. The van der Waals surface area contributed by atoms with E-state index >= 15 is 0 Å². The fourth-order valence-electron chi connectivity index (χ4n) is 1.69. The van der Waals surface area contributed by atoms with Gasteiger partial charge in [-0.2, -0.15) is 0 Å². The predicted octanol–water partition coefficient (Wildman–Crippen LogP) is 3.40. The monoisotopic (exact) mass is 205 g/mol. The molecule has 1 aromatic rings. The molecule has 0 radical (unpaired) electrons. The minimum absolute atomic E-state index is 0.731. The molecule has 1 unspecified atom stereocenters. The maximum atomic E-state index is 4.43. The van der Waals surface area contributed by atoms with Crippen molar-refractivity contribution in [2.45, 2.75) is 29.9 Å². The Labute approximate surface area is 89.6 Å². The fraction of sp³-hybridized carbons (Fsp3) is 0.417. The molecule has 0 N–H and O–H groups in total. The van der Waals surface area contributed by atoms with E-state index in [1.165, 1.54) is 17.0 Å². The molecule has 1 heterocycles. The number of nitrogens with zero attached hydrogens (tertiary/aromatic N) is 1. The molecule has 1 nitrogen and oxygen atoms in total. The zero-order chi connectivity index (χ0) is 9.80. The molecule has 0 spiro atoms. The van der Waals surface area contributed by atoms with E-state index in [0.717, 1.165) is 18.2 Å². The van der Waals surface area contributed by atoms with Gasteiger partial charge in [-0.1, -0.05) is 18.2 Å². The highest BCUT2D eigenvalue weighted by atomic mass is 32.2. The highest BCUT2D eigenvalue weighted by Gasteiger charge is 2.14. The molecule has 74 valence electrons. The van der Waals surface area contributed by atoms with E-state index in [4.69, 9.17) is 0 Å². The summed E-state index contributed by atoms with van der Waals surface area (Å²) < 4.78 is 0. The van der Waals surface area contributed by atoms with E-state index in [2.05, 4.69) is 42.2 Å². The summed E-state index contributed by atoms with van der Waals surface area (Å²) in [6.45, 7) is 3.15. The Bertz CT molecular complexity index is 318. The van der Waals surface area contributed by atoms with E-state index < -0.39 is 0 Å². The Morgan fingerprint density at radius 1 is 1.29 bits per heavy atom. The third kappa shape index (κ3) is 2.61. The number of hydrogen-bond acceptors (Lipinski definition) is 2. The second kappa shape index (κ2) is 4.65. The van der Waals surface area contributed by atoms with Crippen molar-refractivity contribution in [1.82, 2.24) is 0 Å². The zero-order valence-electron chi connectivity index (χ0n) is 8.44. The lowest BCUT2D eigenvalue weighted by Gasteiger charge is -2.19. The average molecular weight is 205 g/mol. The summed E-state index contributed by atoms with van der Waals surface area (Å²) in [4.78, 5) is 5.81. The smallest absolute Gasteiger partial charge is 0.0399 e. The first kappa shape index (κ1) is 9.78. The van der Waals surface area contributed by atoms with Crippen LogP contribution in [0.4, 0.5) is 0 Å². The Morgan fingerprint density at radius 2 is 2.07 bits per heavy atom. The molecule has 1 aliphatic rings. The first-order chi connectivity index (χ1) is 6.84. The summed E-state index contributed by atoms with van der Waals surface area (Å²) in [5, 5.41) is 0.731. The summed E-state index contributed by atoms with van der Waals surface area (Å²) in [7, 11) is 0. The van der Waals surface area contributed by atoms with Crippen molar-refractivity contribution in [1.29, 1.82) is 0 Å². The lowest BCUT2D eigenvalue weighted by molar-refractivity contribution is 0.752. The second-order valence-corrected chi connectivity index (χ2v) is 5.04. The maximum absolute atomic E-state index is 4.43. The highest BCUT2D eigenvalue weighted by molar-refractivity contribution is 8.00. The highest BCUT2D eigenvalue weighted by Crippen LogP contribution is 2.29. The number of thioether (sulfide) groups is 1. The van der Waals surface area contributed by atoms with Crippen LogP contribution in [0.2, 0.25) is 0 Å². The van der Waals surface area contributed by atoms with Gasteiger partial charge in [0.1, 0.15) is 0 Å². The largest absolute Gasteiger partial charge is 0.294 e. The van der Waals surface area contributed by atoms with Crippen molar-refractivity contribution in [3.63, 3.8) is 0 Å². The molecule has 0 amide bonds. The third-order valence-corrected chi connectivity index (χ3v) is 3.68. The van der Waals surface area contributed by atoms with Crippen LogP contribution in [-0.4, -0.2) is 17.5 Å². The molecule has 1 aliphatic heterocycles. The molecule has 0 aliphatic carbocycles. The van der Waals surface area contributed by atoms with Crippen LogP contribution in [0.3, 0.4) is 0 Å². The van der Waals surface area contributed by atoms with E-state index in [1.807, 2.05) is 11.8 Å². The van der Waals surface area contributed by atoms with Crippen LogP contribution in [0.5, 0.6) is 0 Å². The van der Waals surface area contributed by atoms with Crippen molar-refractivity contribution in [3.8, 4) is 0 Å². The molecule has 0 saturated carbocycles. The van der Waals surface area contributed by atoms with E-state index in [1.54, 1.807) is 0 Å². The van der Waals surface area contributed by atoms with Gasteiger partial charge in [0.05, 0.1) is 0 Å². The van der Waals surface area contributed by atoms with E-state index in [0.29, 0.717) is 0 Å². The summed E-state index contributed by atoms with van der Waals surface area (Å²) >= 11 is 1.99. The SMILES string of the molecule is CC1=NCCC(Sc2ccccc2)C1. The molecular weight excluding hydrogens is 190 g/mol. The van der Waals surface area contributed by atoms with Crippen LogP contribution in [0.25, 0.3) is 0 Å². The summed E-state index contributed by atoms with van der Waals surface area (Å²) in [6, 6.07) is 10.6. The molecular formula is C12H15NS. The third-order valence-electron chi connectivity index (χ3n) is 2.40. The Kier molecular flexibility index (Phi) is 3.25. The van der Waals surface area contributed by atoms with Gasteiger partial charge in [0, 0.05) is 22.4 Å². The van der Waals surface area contributed by atoms with Gasteiger partial charge in [0.2, 0.25) is 0 Å². The molecule has 2 heteroatoms. The molecule has 0 aromatic heterocycles. The van der Waals surface area contributed by atoms with Gasteiger partial charge in [0.25, 0.3) is 0 Å². The summed E-state index contributed by atoms with van der Waals surface area (Å²) in [5.74, 6) is 0. The second-order valence-electron chi connectivity index (χ2n) is 3.66. The maximum Gasteiger partial charge on any atom is 0.0399 e. The normalized spacial score (nSPS) is 21.8. The van der Waals surface area contributed by atoms with Gasteiger partial charge in [-0.25, -0.2) is 0 Å². The van der Waals surface area contributed by atoms with E-state index in [9.17, 15) is 0 Å². The molecule has 0 bridgehead atoms. The Hall–Kier alpha value is -0.760. The van der Waals surface area contributed by atoms with Gasteiger partial charge in [0.15, 0.2) is 0 Å². The predicted molar refractivity (Wildman–Crippen MR) is 63.3 cm³/mol. The quantitative estimate of drug-likeness (QED) is 0.720. The fourth-order valence-corrected chi connectivity index (χ4v) is 2.93. The van der Waals surface area contributed by atoms with Crippen LogP contribution in [-0.2, 0) is 0 Å². The summed E-state index contributed by atoms with van der Waals surface area (Å²) in [6.07, 6.45) is 2.37. The average Bonchev–Trinajstić information content (AvgIpc) is 2.19. The first-order valence-electron chi connectivity index (χ1n) is 5.06. The van der Waals surface area contributed by atoms with Gasteiger partial charge in [-0.15, -0.1) is 11.8 Å². The zero-order valence-corrected chi connectivity index (χ0v) is 9.26. The molecule has 0 saturated heterocycles. The van der Waals surface area contributed by atoms with E-state index in [-0.39, 0.29) is 0 Å². The van der Waals surface area contributed by atoms with Crippen LogP contribution in [0.15, 0.2) is 40.2 Å². The first-order valence-corrected chi connectivity index (χ1v) is 5.94. The van der Waals surface area contributed by atoms with Crippen LogP contribution >= 0.6 is 11.8 Å². The molecule has 2 rings (SSSR count). The molecule has 1 aromatic carbocycles. The van der Waals surface area contributed by atoms with Crippen LogP contribution in [0, 0.1) is 0 Å². The van der Waals surface area contributed by atoms with Gasteiger partial charge in [-0.3, -0.25) is 4.99 Å². The van der Waals surface area contributed by atoms with Crippen molar-refractivity contribution >= 4 is 17.5 Å². The summed E-state index contributed by atoms with van der Waals surface area (Å²) in [5.41, 5.74) is 1.31. The van der Waals surface area contributed by atoms with Gasteiger partial charge in [-0.05, 0) is 31.9 Å². The number of hydrogen-bond donors (Lipinski definition) is 0.